The molecule has 0 radical (unpaired) electrons. The molecule has 4 heteroatoms. The Bertz CT molecular complexity index is 1070. The molecule has 168 valence electrons. The summed E-state index contributed by atoms with van der Waals surface area (Å²) in [6.45, 7) is 5.92. The van der Waals surface area contributed by atoms with Crippen LogP contribution in [-0.4, -0.2) is 19.8 Å². The Morgan fingerprint density at radius 2 is 1.88 bits per heavy atom. The summed E-state index contributed by atoms with van der Waals surface area (Å²) in [6.07, 6.45) is 3.21. The summed E-state index contributed by atoms with van der Waals surface area (Å²) in [6, 6.07) is 20.3. The van der Waals surface area contributed by atoms with Gasteiger partial charge in [-0.15, -0.1) is 0 Å². The van der Waals surface area contributed by atoms with Crippen LogP contribution in [0.4, 0.5) is 4.39 Å². The van der Waals surface area contributed by atoms with Crippen molar-refractivity contribution in [1.82, 2.24) is 5.32 Å². The maximum Gasteiger partial charge on any atom is 0.165 e. The fraction of sp³-hybridized carbons (Fsp3) is 0.357. The van der Waals surface area contributed by atoms with Crippen LogP contribution in [-0.2, 0) is 6.54 Å². The third kappa shape index (κ3) is 5.13. The monoisotopic (exact) mass is 433 g/mol. The van der Waals surface area contributed by atoms with Crippen LogP contribution in [0.25, 0.3) is 0 Å². The SMILES string of the molecule is COc1cc(CNCCCC2CC(c3ccc(C)c(C)c3)c3ccccc3O2)ccc1F. The summed E-state index contributed by atoms with van der Waals surface area (Å²) in [4.78, 5) is 0. The van der Waals surface area contributed by atoms with E-state index in [0.717, 1.165) is 37.1 Å². The van der Waals surface area contributed by atoms with E-state index in [1.807, 2.05) is 0 Å². The van der Waals surface area contributed by atoms with Crippen LogP contribution in [0.5, 0.6) is 11.5 Å². The minimum Gasteiger partial charge on any atom is -0.494 e. The number of fused-ring (bicyclic) bond motifs is 1. The summed E-state index contributed by atoms with van der Waals surface area (Å²) in [5.41, 5.74) is 6.34. The third-order valence-electron chi connectivity index (χ3n) is 6.44. The standard InChI is InChI=1S/C28H32FNO2/c1-19-10-12-22(15-20(19)2)25-17-23(32-27-9-5-4-8-24(25)27)7-6-14-30-18-21-11-13-26(29)28(16-21)31-3/h4-5,8-13,15-16,23,25,30H,6-7,14,17-18H2,1-3H3. The molecule has 3 nitrogen and oxygen atoms in total. The smallest absolute Gasteiger partial charge is 0.165 e. The highest BCUT2D eigenvalue weighted by Crippen LogP contribution is 2.41. The van der Waals surface area contributed by atoms with Gasteiger partial charge in [-0.05, 0) is 80.1 Å². The molecule has 3 aromatic carbocycles. The highest BCUT2D eigenvalue weighted by Gasteiger charge is 2.29. The molecule has 0 aromatic heterocycles. The largest absolute Gasteiger partial charge is 0.494 e. The average molecular weight is 434 g/mol. The van der Waals surface area contributed by atoms with Gasteiger partial charge in [-0.1, -0.05) is 42.5 Å². The fourth-order valence-corrected chi connectivity index (χ4v) is 4.47. The second-order valence-electron chi connectivity index (χ2n) is 8.70. The zero-order valence-corrected chi connectivity index (χ0v) is 19.2. The number of hydrogen-bond donors (Lipinski definition) is 1. The summed E-state index contributed by atoms with van der Waals surface area (Å²) >= 11 is 0. The highest BCUT2D eigenvalue weighted by molar-refractivity contribution is 5.45. The molecule has 0 saturated carbocycles. The second kappa shape index (κ2) is 10.2. The van der Waals surface area contributed by atoms with Crippen molar-refractivity contribution in [2.75, 3.05) is 13.7 Å². The number of hydrogen-bond acceptors (Lipinski definition) is 3. The van der Waals surface area contributed by atoms with Crippen LogP contribution in [0.3, 0.4) is 0 Å². The molecule has 3 aromatic rings. The van der Waals surface area contributed by atoms with E-state index in [9.17, 15) is 4.39 Å². The van der Waals surface area contributed by atoms with Crippen molar-refractivity contribution in [3.63, 3.8) is 0 Å². The molecule has 1 heterocycles. The van der Waals surface area contributed by atoms with Gasteiger partial charge in [0.2, 0.25) is 0 Å². The maximum absolute atomic E-state index is 13.6. The molecule has 0 spiro atoms. The minimum absolute atomic E-state index is 0.198. The molecule has 2 unspecified atom stereocenters. The van der Waals surface area contributed by atoms with Gasteiger partial charge >= 0.3 is 0 Å². The van der Waals surface area contributed by atoms with Crippen molar-refractivity contribution in [1.29, 1.82) is 0 Å². The van der Waals surface area contributed by atoms with Gasteiger partial charge in [-0.3, -0.25) is 0 Å². The number of ether oxygens (including phenoxy) is 2. The van der Waals surface area contributed by atoms with Gasteiger partial charge in [0.05, 0.1) is 13.2 Å². The van der Waals surface area contributed by atoms with E-state index in [0.29, 0.717) is 12.5 Å². The summed E-state index contributed by atoms with van der Waals surface area (Å²) in [5.74, 6) is 1.34. The Morgan fingerprint density at radius 3 is 2.69 bits per heavy atom. The number of methoxy groups -OCH3 is 1. The number of halogens is 1. The van der Waals surface area contributed by atoms with E-state index in [4.69, 9.17) is 9.47 Å². The van der Waals surface area contributed by atoms with E-state index in [2.05, 4.69) is 61.6 Å². The zero-order valence-electron chi connectivity index (χ0n) is 19.2. The molecule has 0 aliphatic carbocycles. The Morgan fingerprint density at radius 1 is 1.03 bits per heavy atom. The lowest BCUT2D eigenvalue weighted by Crippen LogP contribution is -2.27. The molecule has 0 bridgehead atoms. The quantitative estimate of drug-likeness (QED) is 0.423. The minimum atomic E-state index is -0.329. The predicted octanol–water partition coefficient (Wildman–Crippen LogP) is 6.30. The molecule has 0 fully saturated rings. The van der Waals surface area contributed by atoms with Crippen LogP contribution >= 0.6 is 0 Å². The number of rotatable bonds is 8. The topological polar surface area (TPSA) is 30.5 Å². The van der Waals surface area contributed by atoms with E-state index in [-0.39, 0.29) is 17.7 Å². The van der Waals surface area contributed by atoms with Crippen molar-refractivity contribution in [3.8, 4) is 11.5 Å². The number of benzene rings is 3. The number of para-hydroxylation sites is 1. The van der Waals surface area contributed by atoms with Crippen molar-refractivity contribution in [3.05, 3.63) is 94.3 Å². The first-order valence-electron chi connectivity index (χ1n) is 11.4. The van der Waals surface area contributed by atoms with Gasteiger partial charge in [0.25, 0.3) is 0 Å². The Hall–Kier alpha value is -2.85. The molecule has 32 heavy (non-hydrogen) atoms. The molecule has 1 N–H and O–H groups in total. The van der Waals surface area contributed by atoms with E-state index < -0.39 is 0 Å². The normalized spacial score (nSPS) is 17.5. The van der Waals surface area contributed by atoms with Gasteiger partial charge in [0, 0.05) is 18.0 Å². The average Bonchev–Trinajstić information content (AvgIpc) is 2.81. The molecular weight excluding hydrogens is 401 g/mol. The number of aryl methyl sites for hydroxylation is 2. The first kappa shape index (κ1) is 22.3. The summed E-state index contributed by atoms with van der Waals surface area (Å²) < 4.78 is 25.0. The van der Waals surface area contributed by atoms with E-state index in [1.165, 1.54) is 35.4 Å². The molecule has 2 atom stereocenters. The summed E-state index contributed by atoms with van der Waals surface area (Å²) in [5, 5.41) is 3.45. The van der Waals surface area contributed by atoms with Gasteiger partial charge in [0.1, 0.15) is 5.75 Å². The van der Waals surface area contributed by atoms with Crippen molar-refractivity contribution < 1.29 is 13.9 Å². The van der Waals surface area contributed by atoms with Crippen molar-refractivity contribution >= 4 is 0 Å². The summed E-state index contributed by atoms with van der Waals surface area (Å²) in [7, 11) is 1.49. The Labute approximate surface area is 190 Å². The molecule has 1 aliphatic heterocycles. The Balaban J connectivity index is 1.35. The van der Waals surface area contributed by atoms with Crippen LogP contribution in [0, 0.1) is 19.7 Å². The predicted molar refractivity (Wildman–Crippen MR) is 127 cm³/mol. The van der Waals surface area contributed by atoms with Crippen LogP contribution in [0.15, 0.2) is 60.7 Å². The molecule has 1 aliphatic rings. The molecule has 4 rings (SSSR count). The molecule has 0 amide bonds. The fourth-order valence-electron chi connectivity index (χ4n) is 4.47. The first-order valence-corrected chi connectivity index (χ1v) is 11.4. The second-order valence-corrected chi connectivity index (χ2v) is 8.70. The lowest BCUT2D eigenvalue weighted by molar-refractivity contribution is 0.153. The van der Waals surface area contributed by atoms with Gasteiger partial charge in [0.15, 0.2) is 11.6 Å². The molecular formula is C28H32FNO2. The zero-order chi connectivity index (χ0) is 22.5. The van der Waals surface area contributed by atoms with Crippen LogP contribution in [0.1, 0.15) is 53.0 Å². The van der Waals surface area contributed by atoms with Crippen molar-refractivity contribution in [2.45, 2.75) is 51.7 Å². The van der Waals surface area contributed by atoms with Gasteiger partial charge in [-0.25, -0.2) is 4.39 Å². The lowest BCUT2D eigenvalue weighted by Gasteiger charge is -2.33. The Kier molecular flexibility index (Phi) is 7.11. The molecule has 0 saturated heterocycles. The van der Waals surface area contributed by atoms with Gasteiger partial charge < -0.3 is 14.8 Å². The lowest BCUT2D eigenvalue weighted by atomic mass is 9.82. The number of nitrogens with one attached hydrogen (secondary N) is 1. The first-order chi connectivity index (χ1) is 15.5. The van der Waals surface area contributed by atoms with E-state index >= 15 is 0 Å². The van der Waals surface area contributed by atoms with Crippen LogP contribution < -0.4 is 14.8 Å². The van der Waals surface area contributed by atoms with Crippen LogP contribution in [0.2, 0.25) is 0 Å². The van der Waals surface area contributed by atoms with Crippen molar-refractivity contribution in [2.24, 2.45) is 0 Å². The third-order valence-corrected chi connectivity index (χ3v) is 6.44. The van der Waals surface area contributed by atoms with Gasteiger partial charge in [-0.2, -0.15) is 0 Å². The maximum atomic E-state index is 13.6. The highest BCUT2D eigenvalue weighted by atomic mass is 19.1. The van der Waals surface area contributed by atoms with E-state index in [1.54, 1.807) is 12.1 Å².